The lowest BCUT2D eigenvalue weighted by atomic mass is 10.0. The zero-order valence-corrected chi connectivity index (χ0v) is 8.25. The van der Waals surface area contributed by atoms with E-state index in [2.05, 4.69) is 0 Å². The van der Waals surface area contributed by atoms with Crippen LogP contribution in [0, 0.1) is 0 Å². The van der Waals surface area contributed by atoms with Crippen LogP contribution in [0.2, 0.25) is 0 Å². The first-order valence-corrected chi connectivity index (χ1v) is 4.45. The average Bonchev–Trinajstić information content (AvgIpc) is 2.19. The molecule has 0 bridgehead atoms. The first-order chi connectivity index (χ1) is 7.41. The number of phenols is 2. The zero-order chi connectivity index (χ0) is 12.3. The molecule has 0 aromatic heterocycles. The first-order valence-electron chi connectivity index (χ1n) is 4.45. The third-order valence-corrected chi connectivity index (χ3v) is 1.98. The fourth-order valence-corrected chi connectivity index (χ4v) is 1.20. The summed E-state index contributed by atoms with van der Waals surface area (Å²) in [6, 6.07) is 2.13. The van der Waals surface area contributed by atoms with Gasteiger partial charge < -0.3 is 21.1 Å². The fourth-order valence-electron chi connectivity index (χ4n) is 1.20. The van der Waals surface area contributed by atoms with Crippen LogP contribution in [0.5, 0.6) is 11.5 Å². The second kappa shape index (κ2) is 4.63. The average molecular weight is 225 g/mol. The van der Waals surface area contributed by atoms with Crippen LogP contribution in [0.15, 0.2) is 18.2 Å². The van der Waals surface area contributed by atoms with Crippen molar-refractivity contribution in [3.05, 3.63) is 23.8 Å². The molecule has 0 spiro atoms. The molecule has 0 aliphatic heterocycles. The molecule has 0 radical (unpaired) electrons. The fraction of sp³-hybridized carbons (Fsp3) is 0.200. The SMILES string of the molecule is N[C@H](CC(=O)O)C(=O)c1cc(O)ccc1O. The zero-order valence-electron chi connectivity index (χ0n) is 8.25. The predicted molar refractivity (Wildman–Crippen MR) is 54.3 cm³/mol. The van der Waals surface area contributed by atoms with Gasteiger partial charge in [0.25, 0.3) is 0 Å². The number of carbonyl (C=O) groups excluding carboxylic acids is 1. The van der Waals surface area contributed by atoms with Crippen LogP contribution in [-0.4, -0.2) is 33.1 Å². The van der Waals surface area contributed by atoms with Crippen molar-refractivity contribution in [1.82, 2.24) is 0 Å². The van der Waals surface area contributed by atoms with Gasteiger partial charge in [-0.15, -0.1) is 0 Å². The third-order valence-electron chi connectivity index (χ3n) is 1.98. The minimum Gasteiger partial charge on any atom is -0.508 e. The predicted octanol–water partition coefficient (Wildman–Crippen LogP) is 0.0825. The van der Waals surface area contributed by atoms with Crippen molar-refractivity contribution in [2.45, 2.75) is 12.5 Å². The van der Waals surface area contributed by atoms with E-state index in [1.54, 1.807) is 0 Å². The Kier molecular flexibility index (Phi) is 3.47. The standard InChI is InChI=1S/C10H11NO5/c11-7(4-9(14)15)10(16)6-3-5(12)1-2-8(6)13/h1-3,7,12-13H,4,11H2,(H,14,15)/t7-/m1/s1. The molecule has 16 heavy (non-hydrogen) atoms. The lowest BCUT2D eigenvalue weighted by molar-refractivity contribution is -0.137. The number of phenolic OH excluding ortho intramolecular Hbond substituents is 2. The molecule has 0 heterocycles. The number of aliphatic carboxylic acids is 1. The molecule has 0 aliphatic rings. The van der Waals surface area contributed by atoms with Gasteiger partial charge in [0.1, 0.15) is 11.5 Å². The maximum atomic E-state index is 11.6. The molecule has 1 atom stereocenters. The Labute approximate surface area is 90.9 Å². The second-order valence-corrected chi connectivity index (χ2v) is 3.27. The number of hydrogen-bond acceptors (Lipinski definition) is 5. The van der Waals surface area contributed by atoms with Crippen molar-refractivity contribution in [1.29, 1.82) is 0 Å². The Morgan fingerprint density at radius 2 is 1.94 bits per heavy atom. The van der Waals surface area contributed by atoms with Crippen molar-refractivity contribution in [2.75, 3.05) is 0 Å². The molecule has 1 aromatic carbocycles. The van der Waals surface area contributed by atoms with Crippen molar-refractivity contribution in [2.24, 2.45) is 5.73 Å². The normalized spacial score (nSPS) is 12.1. The van der Waals surface area contributed by atoms with E-state index in [4.69, 9.17) is 15.9 Å². The topological polar surface area (TPSA) is 121 Å². The number of carbonyl (C=O) groups is 2. The molecule has 86 valence electrons. The maximum Gasteiger partial charge on any atom is 0.305 e. The minimum atomic E-state index is -1.25. The summed E-state index contributed by atoms with van der Waals surface area (Å²) in [4.78, 5) is 21.9. The van der Waals surface area contributed by atoms with Gasteiger partial charge in [-0.05, 0) is 18.2 Å². The summed E-state index contributed by atoms with van der Waals surface area (Å²) in [6.07, 6.45) is -0.534. The number of nitrogens with two attached hydrogens (primary N) is 1. The molecular weight excluding hydrogens is 214 g/mol. The highest BCUT2D eigenvalue weighted by atomic mass is 16.4. The number of ketones is 1. The quantitative estimate of drug-likeness (QED) is 0.425. The summed E-state index contributed by atoms with van der Waals surface area (Å²) in [7, 11) is 0. The van der Waals surface area contributed by atoms with Crippen LogP contribution in [0.25, 0.3) is 0 Å². The number of hydrogen-bond donors (Lipinski definition) is 4. The number of rotatable bonds is 4. The van der Waals surface area contributed by atoms with Gasteiger partial charge in [-0.2, -0.15) is 0 Å². The molecule has 5 N–H and O–H groups in total. The number of carboxylic acid groups (broad SMARTS) is 1. The first kappa shape index (κ1) is 12.0. The summed E-state index contributed by atoms with van der Waals surface area (Å²) >= 11 is 0. The van der Waals surface area contributed by atoms with E-state index in [1.807, 2.05) is 0 Å². The van der Waals surface area contributed by atoms with Gasteiger partial charge in [0, 0.05) is 0 Å². The van der Waals surface area contributed by atoms with Gasteiger partial charge in [-0.25, -0.2) is 0 Å². The van der Waals surface area contributed by atoms with E-state index in [0.29, 0.717) is 0 Å². The van der Waals surface area contributed by atoms with Gasteiger partial charge in [0.15, 0.2) is 5.78 Å². The number of Topliss-reactive ketones (excluding diaryl/α,β-unsaturated/α-hetero) is 1. The molecule has 6 heteroatoms. The van der Waals surface area contributed by atoms with Crippen LogP contribution in [0.4, 0.5) is 0 Å². The summed E-state index contributed by atoms with van der Waals surface area (Å²) in [5.41, 5.74) is 5.16. The van der Waals surface area contributed by atoms with E-state index in [1.165, 1.54) is 6.07 Å². The van der Waals surface area contributed by atoms with E-state index in [0.717, 1.165) is 12.1 Å². The van der Waals surface area contributed by atoms with Crippen LogP contribution >= 0.6 is 0 Å². The molecule has 0 saturated heterocycles. The second-order valence-electron chi connectivity index (χ2n) is 3.27. The van der Waals surface area contributed by atoms with Gasteiger partial charge in [-0.3, -0.25) is 9.59 Å². The molecule has 0 amide bonds. The molecule has 0 aliphatic carbocycles. The van der Waals surface area contributed by atoms with E-state index >= 15 is 0 Å². The summed E-state index contributed by atoms with van der Waals surface area (Å²) in [5.74, 6) is -2.48. The summed E-state index contributed by atoms with van der Waals surface area (Å²) < 4.78 is 0. The summed E-state index contributed by atoms with van der Waals surface area (Å²) in [6.45, 7) is 0. The van der Waals surface area contributed by atoms with Crippen molar-refractivity contribution in [3.63, 3.8) is 0 Å². The summed E-state index contributed by atoms with van der Waals surface area (Å²) in [5, 5.41) is 26.9. The molecule has 1 aromatic rings. The highest BCUT2D eigenvalue weighted by Crippen LogP contribution is 2.23. The van der Waals surface area contributed by atoms with Crippen LogP contribution in [0.1, 0.15) is 16.8 Å². The molecule has 0 unspecified atom stereocenters. The van der Waals surface area contributed by atoms with Gasteiger partial charge >= 0.3 is 5.97 Å². The van der Waals surface area contributed by atoms with Gasteiger partial charge in [0.2, 0.25) is 0 Å². The molecule has 0 saturated carbocycles. The Balaban J connectivity index is 2.95. The Hall–Kier alpha value is -2.08. The number of aromatic hydroxyl groups is 2. The van der Waals surface area contributed by atoms with Gasteiger partial charge in [0.05, 0.1) is 18.0 Å². The van der Waals surface area contributed by atoms with Crippen LogP contribution < -0.4 is 5.73 Å². The maximum absolute atomic E-state index is 11.6. The van der Waals surface area contributed by atoms with Crippen molar-refractivity contribution >= 4 is 11.8 Å². The van der Waals surface area contributed by atoms with E-state index in [9.17, 15) is 14.7 Å². The highest BCUT2D eigenvalue weighted by Gasteiger charge is 2.21. The lowest BCUT2D eigenvalue weighted by Crippen LogP contribution is -2.32. The number of carboxylic acids is 1. The smallest absolute Gasteiger partial charge is 0.305 e. The third kappa shape index (κ3) is 2.71. The Morgan fingerprint density at radius 3 is 2.50 bits per heavy atom. The molecule has 0 fully saturated rings. The largest absolute Gasteiger partial charge is 0.508 e. The monoisotopic (exact) mass is 225 g/mol. The van der Waals surface area contributed by atoms with Crippen molar-refractivity contribution < 1.29 is 24.9 Å². The highest BCUT2D eigenvalue weighted by molar-refractivity contribution is 6.03. The van der Waals surface area contributed by atoms with E-state index in [-0.39, 0.29) is 17.1 Å². The molecule has 6 nitrogen and oxygen atoms in total. The van der Waals surface area contributed by atoms with Crippen molar-refractivity contribution in [3.8, 4) is 11.5 Å². The number of benzene rings is 1. The Morgan fingerprint density at radius 1 is 1.31 bits per heavy atom. The van der Waals surface area contributed by atoms with Gasteiger partial charge in [-0.1, -0.05) is 0 Å². The van der Waals surface area contributed by atoms with E-state index < -0.39 is 24.2 Å². The molecule has 1 rings (SSSR count). The van der Waals surface area contributed by atoms with Crippen LogP contribution in [-0.2, 0) is 4.79 Å². The Bertz CT molecular complexity index is 429. The van der Waals surface area contributed by atoms with Crippen LogP contribution in [0.3, 0.4) is 0 Å². The lowest BCUT2D eigenvalue weighted by Gasteiger charge is -2.09. The minimum absolute atomic E-state index is 0.186. The molecular formula is C10H11NO5.